The number of ether oxygens (including phenoxy) is 2. The van der Waals surface area contributed by atoms with E-state index in [4.69, 9.17) is 9.47 Å². The highest BCUT2D eigenvalue weighted by atomic mass is 16.5. The molecule has 8 nitrogen and oxygen atoms in total. The van der Waals surface area contributed by atoms with Crippen molar-refractivity contribution in [2.75, 3.05) is 26.4 Å². The zero-order chi connectivity index (χ0) is 24.6. The fourth-order valence-corrected chi connectivity index (χ4v) is 4.96. The molecule has 1 atom stereocenters. The Bertz CT molecular complexity index is 1000. The van der Waals surface area contributed by atoms with Crippen molar-refractivity contribution in [3.05, 3.63) is 59.7 Å². The van der Waals surface area contributed by atoms with Gasteiger partial charge in [0.15, 0.2) is 0 Å². The van der Waals surface area contributed by atoms with Crippen LogP contribution in [0.3, 0.4) is 0 Å². The third-order valence-corrected chi connectivity index (χ3v) is 6.70. The van der Waals surface area contributed by atoms with E-state index in [1.807, 2.05) is 48.5 Å². The van der Waals surface area contributed by atoms with Gasteiger partial charge in [0.1, 0.15) is 12.6 Å². The highest BCUT2D eigenvalue weighted by Gasteiger charge is 2.30. The summed E-state index contributed by atoms with van der Waals surface area (Å²) in [6.07, 6.45) is 3.46. The molecule has 2 amide bonds. The van der Waals surface area contributed by atoms with Crippen molar-refractivity contribution in [2.24, 2.45) is 5.92 Å². The van der Waals surface area contributed by atoms with E-state index in [0.717, 1.165) is 22.3 Å². The van der Waals surface area contributed by atoms with Gasteiger partial charge in [-0.2, -0.15) is 0 Å². The highest BCUT2D eigenvalue weighted by Crippen LogP contribution is 2.44. The molecule has 1 fully saturated rings. The largest absolute Gasteiger partial charge is 0.481 e. The van der Waals surface area contributed by atoms with Gasteiger partial charge in [-0.3, -0.25) is 9.59 Å². The number of rotatable bonds is 11. The summed E-state index contributed by atoms with van der Waals surface area (Å²) in [7, 11) is 0. The zero-order valence-electron chi connectivity index (χ0n) is 19.7. The van der Waals surface area contributed by atoms with Gasteiger partial charge in [0, 0.05) is 19.1 Å². The minimum Gasteiger partial charge on any atom is -0.481 e. The van der Waals surface area contributed by atoms with Crippen molar-refractivity contribution in [1.82, 2.24) is 10.6 Å². The summed E-state index contributed by atoms with van der Waals surface area (Å²) in [6, 6.07) is 14.7. The first-order chi connectivity index (χ1) is 17.0. The Morgan fingerprint density at radius 3 is 2.20 bits per heavy atom. The van der Waals surface area contributed by atoms with Crippen LogP contribution in [0.4, 0.5) is 4.79 Å². The average Bonchev–Trinajstić information content (AvgIpc) is 3.48. The minimum atomic E-state index is -1.24. The minimum absolute atomic E-state index is 0.0796. The van der Waals surface area contributed by atoms with E-state index in [9.17, 15) is 19.5 Å². The van der Waals surface area contributed by atoms with E-state index in [-0.39, 0.29) is 19.1 Å². The quantitative estimate of drug-likeness (QED) is 0.423. The number of carboxylic acid groups (broad SMARTS) is 1. The number of hydrogen-bond donors (Lipinski definition) is 3. The number of amides is 2. The third-order valence-electron chi connectivity index (χ3n) is 6.70. The Balaban J connectivity index is 1.27. The van der Waals surface area contributed by atoms with E-state index in [1.54, 1.807) is 0 Å². The first kappa shape index (κ1) is 24.7. The van der Waals surface area contributed by atoms with Crippen LogP contribution in [0.15, 0.2) is 48.5 Å². The number of benzene rings is 2. The second-order valence-electron chi connectivity index (χ2n) is 9.14. The van der Waals surface area contributed by atoms with Crippen LogP contribution in [0, 0.1) is 5.92 Å². The highest BCUT2D eigenvalue weighted by molar-refractivity contribution is 5.89. The predicted octanol–water partition coefficient (Wildman–Crippen LogP) is 3.69. The maximum atomic E-state index is 12.5. The second kappa shape index (κ2) is 11.8. The number of alkyl carbamates (subject to hydrolysis) is 1. The van der Waals surface area contributed by atoms with Crippen LogP contribution < -0.4 is 10.6 Å². The first-order valence-corrected chi connectivity index (χ1v) is 12.2. The lowest BCUT2D eigenvalue weighted by atomic mass is 9.98. The number of carbonyl (C=O) groups is 3. The van der Waals surface area contributed by atoms with E-state index in [1.165, 1.54) is 25.7 Å². The average molecular weight is 481 g/mol. The van der Waals surface area contributed by atoms with Gasteiger partial charge in [0.2, 0.25) is 5.91 Å². The van der Waals surface area contributed by atoms with Crippen LogP contribution in [-0.4, -0.2) is 55.5 Å². The van der Waals surface area contributed by atoms with Crippen LogP contribution in [-0.2, 0) is 19.1 Å². The first-order valence-electron chi connectivity index (χ1n) is 12.2. The van der Waals surface area contributed by atoms with Crippen molar-refractivity contribution < 1.29 is 29.0 Å². The molecule has 0 spiro atoms. The van der Waals surface area contributed by atoms with Crippen molar-refractivity contribution in [1.29, 1.82) is 0 Å². The predicted molar refractivity (Wildman–Crippen MR) is 130 cm³/mol. The molecule has 1 saturated carbocycles. The summed E-state index contributed by atoms with van der Waals surface area (Å²) in [6.45, 7) is 1.34. The molecule has 0 bridgehead atoms. The van der Waals surface area contributed by atoms with E-state index < -0.39 is 30.4 Å². The molecule has 0 aromatic heterocycles. The van der Waals surface area contributed by atoms with Crippen molar-refractivity contribution in [3.63, 3.8) is 0 Å². The van der Waals surface area contributed by atoms with Gasteiger partial charge < -0.3 is 25.2 Å². The van der Waals surface area contributed by atoms with Gasteiger partial charge in [0.05, 0.1) is 13.0 Å². The molecule has 35 heavy (non-hydrogen) atoms. The van der Waals surface area contributed by atoms with Gasteiger partial charge in [-0.15, -0.1) is 0 Å². The summed E-state index contributed by atoms with van der Waals surface area (Å²) in [4.78, 5) is 36.3. The summed E-state index contributed by atoms with van der Waals surface area (Å²) in [5.74, 6) is -1.32. The molecule has 0 aliphatic heterocycles. The van der Waals surface area contributed by atoms with Gasteiger partial charge in [0.25, 0.3) is 0 Å². The second-order valence-corrected chi connectivity index (χ2v) is 9.14. The molecule has 3 N–H and O–H groups in total. The van der Waals surface area contributed by atoms with Crippen molar-refractivity contribution >= 4 is 18.0 Å². The van der Waals surface area contributed by atoms with Gasteiger partial charge in [-0.05, 0) is 41.0 Å². The summed E-state index contributed by atoms with van der Waals surface area (Å²) < 4.78 is 11.1. The van der Waals surface area contributed by atoms with Crippen LogP contribution >= 0.6 is 0 Å². The Labute approximate surface area is 205 Å². The molecule has 2 aromatic carbocycles. The number of aliphatic carboxylic acids is 1. The van der Waals surface area contributed by atoms with Crippen LogP contribution in [0.25, 0.3) is 11.1 Å². The van der Waals surface area contributed by atoms with Crippen LogP contribution in [0.5, 0.6) is 0 Å². The smallest absolute Gasteiger partial charge is 0.407 e. The normalized spacial score (nSPS) is 15.8. The monoisotopic (exact) mass is 480 g/mol. The fourth-order valence-electron chi connectivity index (χ4n) is 4.96. The standard InChI is InChI=1S/C27H32N2O6/c30-25(31)15-24(26(32)28-13-14-34-16-18-7-1-2-8-18)29-27(33)35-17-23-21-11-5-3-9-19(21)20-10-4-6-12-22(20)23/h3-6,9-12,18,23-24H,1-2,7-8,13-17H2,(H,28,32)(H,29,33)(H,30,31). The summed E-state index contributed by atoms with van der Waals surface area (Å²) in [5.41, 5.74) is 4.35. The van der Waals surface area contributed by atoms with E-state index in [2.05, 4.69) is 10.6 Å². The molecule has 0 saturated heterocycles. The Morgan fingerprint density at radius 2 is 1.57 bits per heavy atom. The maximum absolute atomic E-state index is 12.5. The topological polar surface area (TPSA) is 114 Å². The van der Waals surface area contributed by atoms with Crippen molar-refractivity contribution in [2.45, 2.75) is 44.1 Å². The van der Waals surface area contributed by atoms with Crippen LogP contribution in [0.2, 0.25) is 0 Å². The lowest BCUT2D eigenvalue weighted by Gasteiger charge is -2.19. The molecular weight excluding hydrogens is 448 g/mol. The maximum Gasteiger partial charge on any atom is 0.407 e. The van der Waals surface area contributed by atoms with Crippen LogP contribution in [0.1, 0.15) is 49.1 Å². The number of carbonyl (C=O) groups excluding carboxylic acids is 2. The summed E-state index contributed by atoms with van der Waals surface area (Å²) >= 11 is 0. The fraction of sp³-hybridized carbons (Fsp3) is 0.444. The molecule has 4 rings (SSSR count). The molecule has 8 heteroatoms. The molecule has 2 aliphatic carbocycles. The molecule has 2 aromatic rings. The Morgan fingerprint density at radius 1 is 0.943 bits per heavy atom. The van der Waals surface area contributed by atoms with Gasteiger partial charge in [-0.1, -0.05) is 61.4 Å². The molecular formula is C27H32N2O6. The third kappa shape index (κ3) is 6.39. The molecule has 0 heterocycles. The van der Waals surface area contributed by atoms with Gasteiger partial charge >= 0.3 is 12.1 Å². The number of carboxylic acids is 1. The molecule has 0 radical (unpaired) electrons. The summed E-state index contributed by atoms with van der Waals surface area (Å²) in [5, 5.41) is 14.3. The number of hydrogen-bond acceptors (Lipinski definition) is 5. The Hall–Kier alpha value is -3.39. The molecule has 186 valence electrons. The number of nitrogens with one attached hydrogen (secondary N) is 2. The van der Waals surface area contributed by atoms with E-state index >= 15 is 0 Å². The van der Waals surface area contributed by atoms with Gasteiger partial charge in [-0.25, -0.2) is 4.79 Å². The number of fused-ring (bicyclic) bond motifs is 3. The Kier molecular flexibility index (Phi) is 8.36. The SMILES string of the molecule is O=C(O)CC(NC(=O)OCC1c2ccccc2-c2ccccc21)C(=O)NCCOCC1CCCC1. The lowest BCUT2D eigenvalue weighted by Crippen LogP contribution is -2.48. The van der Waals surface area contributed by atoms with Crippen molar-refractivity contribution in [3.8, 4) is 11.1 Å². The molecule has 1 unspecified atom stereocenters. The lowest BCUT2D eigenvalue weighted by molar-refractivity contribution is -0.139. The zero-order valence-corrected chi connectivity index (χ0v) is 19.7. The van der Waals surface area contributed by atoms with E-state index in [0.29, 0.717) is 19.1 Å². The molecule has 2 aliphatic rings.